The van der Waals surface area contributed by atoms with Crippen LogP contribution in [-0.2, 0) is 9.59 Å². The summed E-state index contributed by atoms with van der Waals surface area (Å²) in [6.45, 7) is 0.775. The van der Waals surface area contributed by atoms with Crippen molar-refractivity contribution in [2.24, 2.45) is 5.73 Å². The summed E-state index contributed by atoms with van der Waals surface area (Å²) in [6, 6.07) is 7.81. The molecule has 6 heteroatoms. The van der Waals surface area contributed by atoms with Crippen LogP contribution < -0.4 is 20.7 Å². The average molecular weight is 331 g/mol. The molecule has 1 aliphatic heterocycles. The Kier molecular flexibility index (Phi) is 5.35. The summed E-state index contributed by atoms with van der Waals surface area (Å²) in [5.74, 6) is 0.690. The average Bonchev–Trinajstić information content (AvgIpc) is 3.02. The first-order valence-electron chi connectivity index (χ1n) is 8.70. The summed E-state index contributed by atoms with van der Waals surface area (Å²) in [4.78, 5) is 25.5. The summed E-state index contributed by atoms with van der Waals surface area (Å²) >= 11 is 0. The molecule has 1 saturated heterocycles. The highest BCUT2D eigenvalue weighted by Crippen LogP contribution is 2.24. The van der Waals surface area contributed by atoms with Gasteiger partial charge in [-0.15, -0.1) is 0 Å². The van der Waals surface area contributed by atoms with Crippen LogP contribution in [0.1, 0.15) is 38.5 Å². The molecule has 130 valence electrons. The Labute approximate surface area is 142 Å². The van der Waals surface area contributed by atoms with Crippen molar-refractivity contribution in [3.63, 3.8) is 0 Å². The van der Waals surface area contributed by atoms with Crippen LogP contribution in [0, 0.1) is 0 Å². The van der Waals surface area contributed by atoms with Crippen LogP contribution in [0.3, 0.4) is 0 Å². The molecule has 0 radical (unpaired) electrons. The van der Waals surface area contributed by atoms with Crippen molar-refractivity contribution < 1.29 is 14.3 Å². The Morgan fingerprint density at radius 2 is 1.92 bits per heavy atom. The van der Waals surface area contributed by atoms with Gasteiger partial charge >= 0.3 is 0 Å². The highest BCUT2D eigenvalue weighted by atomic mass is 16.5. The van der Waals surface area contributed by atoms with Crippen molar-refractivity contribution in [2.75, 3.05) is 18.1 Å². The van der Waals surface area contributed by atoms with E-state index in [0.29, 0.717) is 12.2 Å². The van der Waals surface area contributed by atoms with Gasteiger partial charge in [0.15, 0.2) is 6.61 Å². The van der Waals surface area contributed by atoms with Crippen LogP contribution in [0.15, 0.2) is 24.3 Å². The third-order valence-electron chi connectivity index (χ3n) is 4.73. The number of ether oxygens (including phenoxy) is 1. The van der Waals surface area contributed by atoms with Crippen molar-refractivity contribution in [1.29, 1.82) is 0 Å². The number of hydrogen-bond acceptors (Lipinski definition) is 4. The van der Waals surface area contributed by atoms with Crippen molar-refractivity contribution in [3.8, 4) is 5.75 Å². The second-order valence-corrected chi connectivity index (χ2v) is 6.61. The largest absolute Gasteiger partial charge is 0.484 e. The molecule has 2 aliphatic rings. The van der Waals surface area contributed by atoms with Gasteiger partial charge < -0.3 is 20.7 Å². The molecule has 0 spiro atoms. The Balaban J connectivity index is 1.44. The lowest BCUT2D eigenvalue weighted by Gasteiger charge is -2.26. The number of benzene rings is 1. The minimum Gasteiger partial charge on any atom is -0.484 e. The van der Waals surface area contributed by atoms with Gasteiger partial charge in [0.05, 0.1) is 0 Å². The predicted molar refractivity (Wildman–Crippen MR) is 91.9 cm³/mol. The molecule has 24 heavy (non-hydrogen) atoms. The van der Waals surface area contributed by atoms with Gasteiger partial charge in [0.2, 0.25) is 5.91 Å². The first-order valence-corrected chi connectivity index (χ1v) is 8.70. The van der Waals surface area contributed by atoms with Crippen molar-refractivity contribution in [2.45, 2.75) is 50.6 Å². The third-order valence-corrected chi connectivity index (χ3v) is 4.73. The van der Waals surface area contributed by atoms with E-state index in [4.69, 9.17) is 10.5 Å². The lowest BCUT2D eigenvalue weighted by Crippen LogP contribution is -2.42. The van der Waals surface area contributed by atoms with E-state index in [9.17, 15) is 9.59 Å². The normalized spacial score (nSPS) is 24.0. The van der Waals surface area contributed by atoms with Crippen LogP contribution in [-0.4, -0.2) is 37.0 Å². The van der Waals surface area contributed by atoms with Gasteiger partial charge in [-0.3, -0.25) is 9.59 Å². The molecule has 1 aliphatic carbocycles. The summed E-state index contributed by atoms with van der Waals surface area (Å²) < 4.78 is 5.53. The minimum atomic E-state index is -0.103. The number of nitrogens with two attached hydrogens (primary N) is 1. The van der Waals surface area contributed by atoms with Crippen LogP contribution in [0.2, 0.25) is 0 Å². The highest BCUT2D eigenvalue weighted by Gasteiger charge is 2.22. The van der Waals surface area contributed by atoms with E-state index in [-0.39, 0.29) is 30.5 Å². The quantitative estimate of drug-likeness (QED) is 0.858. The molecule has 0 unspecified atom stereocenters. The van der Waals surface area contributed by atoms with Crippen molar-refractivity contribution in [1.82, 2.24) is 5.32 Å². The van der Waals surface area contributed by atoms with Crippen molar-refractivity contribution in [3.05, 3.63) is 24.3 Å². The first kappa shape index (κ1) is 16.8. The van der Waals surface area contributed by atoms with Crippen LogP contribution >= 0.6 is 0 Å². The number of nitrogens with zero attached hydrogens (tertiary/aromatic N) is 1. The lowest BCUT2D eigenvalue weighted by molar-refractivity contribution is -0.124. The van der Waals surface area contributed by atoms with E-state index in [2.05, 4.69) is 5.32 Å². The molecule has 1 heterocycles. The molecule has 0 atom stereocenters. The number of nitrogens with one attached hydrogen (secondary N) is 1. The fourth-order valence-corrected chi connectivity index (χ4v) is 3.33. The highest BCUT2D eigenvalue weighted by molar-refractivity contribution is 5.95. The topological polar surface area (TPSA) is 84.7 Å². The molecule has 3 rings (SSSR count). The van der Waals surface area contributed by atoms with E-state index in [0.717, 1.165) is 44.3 Å². The summed E-state index contributed by atoms with van der Waals surface area (Å²) in [5, 5.41) is 3.00. The lowest BCUT2D eigenvalue weighted by atomic mass is 9.92. The standard InChI is InChI=1S/C18H25N3O3/c19-13-3-5-14(6-4-13)20-17(22)12-24-16-9-7-15(8-10-16)21-11-1-2-18(21)23/h7-10,13-14H,1-6,11-12,19H2,(H,20,22). The molecular weight excluding hydrogens is 306 g/mol. The van der Waals surface area contributed by atoms with Gasteiger partial charge in [0.25, 0.3) is 5.91 Å². The Morgan fingerprint density at radius 3 is 2.54 bits per heavy atom. The third kappa shape index (κ3) is 4.26. The number of rotatable bonds is 5. The van der Waals surface area contributed by atoms with E-state index in [1.165, 1.54) is 0 Å². The molecule has 0 bridgehead atoms. The summed E-state index contributed by atoms with van der Waals surface area (Å²) in [7, 11) is 0. The van der Waals surface area contributed by atoms with Gasteiger partial charge in [-0.25, -0.2) is 0 Å². The van der Waals surface area contributed by atoms with Crippen LogP contribution in [0.4, 0.5) is 5.69 Å². The SMILES string of the molecule is NC1CCC(NC(=O)COc2ccc(N3CCCC3=O)cc2)CC1. The number of carbonyl (C=O) groups is 2. The Bertz CT molecular complexity index is 580. The number of amides is 2. The Morgan fingerprint density at radius 1 is 1.21 bits per heavy atom. The zero-order valence-electron chi connectivity index (χ0n) is 13.9. The van der Waals surface area contributed by atoms with Gasteiger partial charge in [0, 0.05) is 30.7 Å². The second kappa shape index (κ2) is 7.66. The maximum Gasteiger partial charge on any atom is 0.258 e. The second-order valence-electron chi connectivity index (χ2n) is 6.61. The Hall–Kier alpha value is -2.08. The van der Waals surface area contributed by atoms with E-state index >= 15 is 0 Å². The zero-order valence-corrected chi connectivity index (χ0v) is 13.9. The minimum absolute atomic E-state index is 0.00451. The molecule has 3 N–H and O–H groups in total. The molecule has 0 aromatic heterocycles. The van der Waals surface area contributed by atoms with Gasteiger partial charge in [-0.1, -0.05) is 0 Å². The smallest absolute Gasteiger partial charge is 0.258 e. The van der Waals surface area contributed by atoms with E-state index < -0.39 is 0 Å². The van der Waals surface area contributed by atoms with Gasteiger partial charge in [0.1, 0.15) is 5.75 Å². The fraction of sp³-hybridized carbons (Fsp3) is 0.556. The maximum atomic E-state index is 12.0. The number of hydrogen-bond donors (Lipinski definition) is 2. The molecular formula is C18H25N3O3. The fourth-order valence-electron chi connectivity index (χ4n) is 3.33. The number of carbonyl (C=O) groups excluding carboxylic acids is 2. The first-order chi connectivity index (χ1) is 11.6. The molecule has 1 saturated carbocycles. The molecule has 2 fully saturated rings. The van der Waals surface area contributed by atoms with E-state index in [1.807, 2.05) is 12.1 Å². The summed E-state index contributed by atoms with van der Waals surface area (Å²) in [6.07, 6.45) is 5.32. The molecule has 2 amide bonds. The van der Waals surface area contributed by atoms with Gasteiger partial charge in [-0.2, -0.15) is 0 Å². The van der Waals surface area contributed by atoms with Crippen LogP contribution in [0.25, 0.3) is 0 Å². The summed E-state index contributed by atoms with van der Waals surface area (Å²) in [5.41, 5.74) is 6.75. The van der Waals surface area contributed by atoms with Crippen molar-refractivity contribution >= 4 is 17.5 Å². The maximum absolute atomic E-state index is 12.0. The molecule has 1 aromatic carbocycles. The zero-order chi connectivity index (χ0) is 16.9. The molecule has 6 nitrogen and oxygen atoms in total. The van der Waals surface area contributed by atoms with Gasteiger partial charge in [-0.05, 0) is 56.4 Å². The predicted octanol–water partition coefficient (Wildman–Crippen LogP) is 1.58. The molecule has 1 aromatic rings. The monoisotopic (exact) mass is 331 g/mol. The van der Waals surface area contributed by atoms with Crippen LogP contribution in [0.5, 0.6) is 5.75 Å². The number of anilines is 1. The van der Waals surface area contributed by atoms with E-state index in [1.54, 1.807) is 17.0 Å².